The number of carbonyl (C=O) groups excluding carboxylic acids is 1. The molecule has 0 fully saturated rings. The molecule has 1 N–H and O–H groups in total. The summed E-state index contributed by atoms with van der Waals surface area (Å²) in [6.07, 6.45) is 5.30. The maximum Gasteiger partial charge on any atom is 0.346 e. The van der Waals surface area contributed by atoms with Crippen molar-refractivity contribution in [2.45, 2.75) is 12.3 Å². The molecule has 2 aliphatic rings. The molecule has 1 atom stereocenters. The van der Waals surface area contributed by atoms with Gasteiger partial charge in [0, 0.05) is 12.4 Å². The summed E-state index contributed by atoms with van der Waals surface area (Å²) in [5.74, 6) is 0.628. The number of aliphatic imine (C=N–C) groups is 2. The fourth-order valence-electron chi connectivity index (χ4n) is 2.16. The van der Waals surface area contributed by atoms with Crippen LogP contribution in [0.25, 0.3) is 0 Å². The molecule has 0 radical (unpaired) electrons. The second-order valence-electron chi connectivity index (χ2n) is 4.22. The van der Waals surface area contributed by atoms with E-state index < -0.39 is 5.41 Å². The van der Waals surface area contributed by atoms with Crippen LogP contribution >= 0.6 is 0 Å². The average Bonchev–Trinajstić information content (AvgIpc) is 2.73. The summed E-state index contributed by atoms with van der Waals surface area (Å²) < 4.78 is 0. The molecule has 17 heavy (non-hydrogen) atoms. The molecule has 2 heterocycles. The zero-order chi connectivity index (χ0) is 11.9. The zero-order valence-corrected chi connectivity index (χ0v) is 9.34. The van der Waals surface area contributed by atoms with Crippen LogP contribution in [0.2, 0.25) is 0 Å². The largest absolute Gasteiger partial charge is 0.346 e. The molecule has 1 aromatic carbocycles. The number of hydrogen-bond donors (Lipinski definition) is 1. The van der Waals surface area contributed by atoms with Gasteiger partial charge in [0.2, 0.25) is 0 Å². The standard InChI is InChI=1S/C13H11N3O/c1-9-3-2-4-10(7-9)13-5-6-14-11(13)16-12(17)15-8-13/h2-8H,1H3,(H,14,16,17). The summed E-state index contributed by atoms with van der Waals surface area (Å²) in [4.78, 5) is 19.3. The molecule has 2 amide bonds. The predicted molar refractivity (Wildman–Crippen MR) is 66.5 cm³/mol. The van der Waals surface area contributed by atoms with Crippen LogP contribution < -0.4 is 5.32 Å². The SMILES string of the molecule is Cc1cccc(C23C=CN=C2NC(=O)N=C3)c1. The first-order valence-electron chi connectivity index (χ1n) is 5.40. The van der Waals surface area contributed by atoms with Gasteiger partial charge in [-0.1, -0.05) is 29.8 Å². The van der Waals surface area contributed by atoms with Crippen LogP contribution in [0.3, 0.4) is 0 Å². The Labute approximate surface area is 98.8 Å². The van der Waals surface area contributed by atoms with Crippen molar-refractivity contribution >= 4 is 18.1 Å². The molecule has 2 aliphatic heterocycles. The van der Waals surface area contributed by atoms with Crippen molar-refractivity contribution in [3.05, 3.63) is 47.7 Å². The lowest BCUT2D eigenvalue weighted by Gasteiger charge is -2.28. The molecule has 3 rings (SSSR count). The van der Waals surface area contributed by atoms with Gasteiger partial charge in [0.25, 0.3) is 0 Å². The zero-order valence-electron chi connectivity index (χ0n) is 9.34. The molecule has 4 heteroatoms. The lowest BCUT2D eigenvalue weighted by atomic mass is 9.80. The quantitative estimate of drug-likeness (QED) is 0.780. The molecular weight excluding hydrogens is 214 g/mol. The second-order valence-corrected chi connectivity index (χ2v) is 4.22. The number of fused-ring (bicyclic) bond motifs is 1. The number of nitrogens with one attached hydrogen (secondary N) is 1. The van der Waals surface area contributed by atoms with Gasteiger partial charge in [-0.05, 0) is 18.6 Å². The van der Waals surface area contributed by atoms with E-state index in [9.17, 15) is 4.79 Å². The van der Waals surface area contributed by atoms with Crippen molar-refractivity contribution in [3.63, 3.8) is 0 Å². The minimum absolute atomic E-state index is 0.365. The number of amidine groups is 1. The summed E-state index contributed by atoms with van der Waals surface area (Å²) in [6, 6.07) is 7.76. The minimum Gasteiger partial charge on any atom is -0.293 e. The van der Waals surface area contributed by atoms with Crippen LogP contribution in [-0.4, -0.2) is 18.1 Å². The number of benzene rings is 1. The van der Waals surface area contributed by atoms with E-state index in [4.69, 9.17) is 0 Å². The van der Waals surface area contributed by atoms with E-state index in [-0.39, 0.29) is 6.03 Å². The molecule has 0 bridgehead atoms. The molecule has 4 nitrogen and oxygen atoms in total. The molecule has 84 valence electrons. The topological polar surface area (TPSA) is 53.8 Å². The third kappa shape index (κ3) is 1.41. The normalized spacial score (nSPS) is 25.5. The summed E-state index contributed by atoms with van der Waals surface area (Å²) >= 11 is 0. The third-order valence-electron chi connectivity index (χ3n) is 3.04. The van der Waals surface area contributed by atoms with Gasteiger partial charge in [0.05, 0.1) is 0 Å². The molecule has 0 spiro atoms. The minimum atomic E-state index is -0.500. The molecule has 0 saturated heterocycles. The van der Waals surface area contributed by atoms with Crippen molar-refractivity contribution in [3.8, 4) is 0 Å². The van der Waals surface area contributed by atoms with E-state index in [1.807, 2.05) is 31.2 Å². The van der Waals surface area contributed by atoms with Crippen LogP contribution in [0.4, 0.5) is 4.79 Å². The highest BCUT2D eigenvalue weighted by atomic mass is 16.2. The fraction of sp³-hybridized carbons (Fsp3) is 0.154. The lowest BCUT2D eigenvalue weighted by Crippen LogP contribution is -2.48. The Hall–Kier alpha value is -2.23. The van der Waals surface area contributed by atoms with Crippen LogP contribution in [0.1, 0.15) is 11.1 Å². The molecule has 1 unspecified atom stereocenters. The van der Waals surface area contributed by atoms with Crippen LogP contribution in [-0.2, 0) is 5.41 Å². The summed E-state index contributed by atoms with van der Waals surface area (Å²) in [6.45, 7) is 2.04. The highest BCUT2D eigenvalue weighted by Crippen LogP contribution is 2.31. The summed E-state index contributed by atoms with van der Waals surface area (Å²) in [5, 5.41) is 2.69. The number of rotatable bonds is 1. The van der Waals surface area contributed by atoms with Gasteiger partial charge < -0.3 is 0 Å². The maximum atomic E-state index is 11.2. The van der Waals surface area contributed by atoms with Gasteiger partial charge in [0.1, 0.15) is 11.3 Å². The summed E-state index contributed by atoms with van der Waals surface area (Å²) in [7, 11) is 0. The van der Waals surface area contributed by atoms with E-state index in [1.54, 1.807) is 12.4 Å². The number of aryl methyl sites for hydroxylation is 1. The van der Waals surface area contributed by atoms with Crippen LogP contribution in [0.5, 0.6) is 0 Å². The first-order chi connectivity index (χ1) is 8.21. The van der Waals surface area contributed by atoms with E-state index in [1.165, 1.54) is 5.56 Å². The monoisotopic (exact) mass is 225 g/mol. The van der Waals surface area contributed by atoms with Gasteiger partial charge in [-0.2, -0.15) is 0 Å². The molecule has 1 aromatic rings. The van der Waals surface area contributed by atoms with Crippen molar-refractivity contribution in [1.29, 1.82) is 0 Å². The average molecular weight is 225 g/mol. The highest BCUT2D eigenvalue weighted by Gasteiger charge is 2.40. The third-order valence-corrected chi connectivity index (χ3v) is 3.04. The van der Waals surface area contributed by atoms with Gasteiger partial charge in [0.15, 0.2) is 0 Å². The van der Waals surface area contributed by atoms with Gasteiger partial charge in [-0.3, -0.25) is 5.32 Å². The smallest absolute Gasteiger partial charge is 0.293 e. The fourth-order valence-corrected chi connectivity index (χ4v) is 2.16. The number of hydrogen-bond acceptors (Lipinski definition) is 2. The van der Waals surface area contributed by atoms with Gasteiger partial charge in [-0.25, -0.2) is 14.8 Å². The Morgan fingerprint density at radius 2 is 2.24 bits per heavy atom. The number of urea groups is 1. The Morgan fingerprint density at radius 1 is 1.35 bits per heavy atom. The Balaban J connectivity index is 2.18. The van der Waals surface area contributed by atoms with Crippen LogP contribution in [0.15, 0.2) is 46.5 Å². The Bertz CT molecular complexity index is 586. The molecule has 0 saturated carbocycles. The first-order valence-corrected chi connectivity index (χ1v) is 5.40. The van der Waals surface area contributed by atoms with Gasteiger partial charge >= 0.3 is 6.03 Å². The molecule has 0 aliphatic carbocycles. The predicted octanol–water partition coefficient (Wildman–Crippen LogP) is 1.95. The Morgan fingerprint density at radius 3 is 3.06 bits per heavy atom. The molecular formula is C13H11N3O. The lowest BCUT2D eigenvalue weighted by molar-refractivity contribution is 0.252. The highest BCUT2D eigenvalue weighted by molar-refractivity contribution is 6.21. The van der Waals surface area contributed by atoms with Crippen molar-refractivity contribution < 1.29 is 4.79 Å². The van der Waals surface area contributed by atoms with E-state index in [2.05, 4.69) is 21.4 Å². The maximum absolute atomic E-state index is 11.2. The van der Waals surface area contributed by atoms with E-state index in [0.29, 0.717) is 5.84 Å². The van der Waals surface area contributed by atoms with E-state index >= 15 is 0 Å². The van der Waals surface area contributed by atoms with Crippen molar-refractivity contribution in [1.82, 2.24) is 5.32 Å². The molecule has 0 aromatic heterocycles. The second kappa shape index (κ2) is 3.38. The van der Waals surface area contributed by atoms with E-state index in [0.717, 1.165) is 5.56 Å². The summed E-state index contributed by atoms with van der Waals surface area (Å²) in [5.41, 5.74) is 1.73. The first kappa shape index (κ1) is 9.96. The van der Waals surface area contributed by atoms with Crippen LogP contribution in [0, 0.1) is 6.92 Å². The van der Waals surface area contributed by atoms with Crippen molar-refractivity contribution in [2.75, 3.05) is 0 Å². The number of carbonyl (C=O) groups is 1. The number of amides is 2. The van der Waals surface area contributed by atoms with Gasteiger partial charge in [-0.15, -0.1) is 0 Å². The van der Waals surface area contributed by atoms with Crippen molar-refractivity contribution in [2.24, 2.45) is 9.98 Å². The number of nitrogens with zero attached hydrogens (tertiary/aromatic N) is 2. The Kier molecular flexibility index (Phi) is 1.98.